The van der Waals surface area contributed by atoms with Gasteiger partial charge in [0.2, 0.25) is 0 Å². The summed E-state index contributed by atoms with van der Waals surface area (Å²) in [6.07, 6.45) is 4.38. The molecule has 3 heterocycles. The van der Waals surface area contributed by atoms with E-state index in [0.29, 0.717) is 5.92 Å². The van der Waals surface area contributed by atoms with Gasteiger partial charge in [0.1, 0.15) is 11.4 Å². The van der Waals surface area contributed by atoms with Crippen LogP contribution >= 0.6 is 11.6 Å². The van der Waals surface area contributed by atoms with Crippen molar-refractivity contribution in [2.24, 2.45) is 10.9 Å². The van der Waals surface area contributed by atoms with Gasteiger partial charge in [0, 0.05) is 34.9 Å². The van der Waals surface area contributed by atoms with E-state index in [2.05, 4.69) is 80.2 Å². The second-order valence-corrected chi connectivity index (χ2v) is 11.9. The monoisotopic (exact) mass is 525 g/mol. The number of ether oxygens (including phenoxy) is 1. The van der Waals surface area contributed by atoms with Crippen LogP contribution in [-0.4, -0.2) is 36.3 Å². The Morgan fingerprint density at radius 2 is 1.84 bits per heavy atom. The van der Waals surface area contributed by atoms with Gasteiger partial charge in [0.05, 0.1) is 17.4 Å². The molecule has 1 saturated heterocycles. The number of benzene rings is 3. The minimum atomic E-state index is 0.0156. The molecule has 1 fully saturated rings. The third-order valence-corrected chi connectivity index (χ3v) is 8.82. The molecule has 1 atom stereocenters. The fourth-order valence-electron chi connectivity index (χ4n) is 6.01. The lowest BCUT2D eigenvalue weighted by Crippen LogP contribution is -2.48. The lowest BCUT2D eigenvalue weighted by molar-refractivity contribution is -0.00876. The Morgan fingerprint density at radius 1 is 1.05 bits per heavy atom. The zero-order chi connectivity index (χ0) is 26.4. The number of rotatable bonds is 6. The Kier molecular flexibility index (Phi) is 6.57. The largest absolute Gasteiger partial charge is 0.487 e. The third kappa shape index (κ3) is 4.65. The average molecular weight is 526 g/mol. The number of fused-ring (bicyclic) bond motifs is 2. The molecule has 3 aliphatic rings. The minimum absolute atomic E-state index is 0.0156. The second-order valence-electron chi connectivity index (χ2n) is 11.5. The van der Waals surface area contributed by atoms with E-state index in [1.165, 1.54) is 11.1 Å². The van der Waals surface area contributed by atoms with Crippen LogP contribution in [0.25, 0.3) is 5.70 Å². The van der Waals surface area contributed by atoms with E-state index in [1.54, 1.807) is 0 Å². The molecule has 3 aromatic rings. The fraction of sp³-hybridized carbons (Fsp3) is 0.364. The summed E-state index contributed by atoms with van der Waals surface area (Å²) < 4.78 is 6.62. The van der Waals surface area contributed by atoms with Crippen molar-refractivity contribution >= 4 is 28.7 Å². The van der Waals surface area contributed by atoms with E-state index in [9.17, 15) is 0 Å². The summed E-state index contributed by atoms with van der Waals surface area (Å²) in [7, 11) is 2.20. The molecule has 6 rings (SSSR count). The molecule has 1 unspecified atom stereocenters. The van der Waals surface area contributed by atoms with Crippen molar-refractivity contribution in [3.8, 4) is 5.75 Å². The molecule has 3 aromatic carbocycles. The quantitative estimate of drug-likeness (QED) is 0.282. The van der Waals surface area contributed by atoms with Crippen molar-refractivity contribution in [1.82, 2.24) is 10.2 Å². The number of nitrogens with one attached hydrogen (secondary N) is 1. The molecule has 0 saturated carbocycles. The van der Waals surface area contributed by atoms with Crippen LogP contribution in [0.3, 0.4) is 0 Å². The fourth-order valence-corrected chi connectivity index (χ4v) is 6.26. The maximum atomic E-state index is 6.62. The minimum Gasteiger partial charge on any atom is -0.487 e. The predicted octanol–water partition coefficient (Wildman–Crippen LogP) is 7.57. The normalized spacial score (nSPS) is 18.6. The molecule has 196 valence electrons. The van der Waals surface area contributed by atoms with Gasteiger partial charge in [-0.1, -0.05) is 56.3 Å². The van der Waals surface area contributed by atoms with Crippen LogP contribution in [-0.2, 0) is 6.42 Å². The molecule has 1 spiro atoms. The van der Waals surface area contributed by atoms with Gasteiger partial charge in [0.15, 0.2) is 0 Å². The summed E-state index contributed by atoms with van der Waals surface area (Å²) in [5.74, 6) is 1.40. The molecule has 0 radical (unpaired) electrons. The number of piperidine rings is 1. The molecule has 5 heteroatoms. The SMILES string of the molecule is C=C(NC(c1ccccc1Cl)C(C)C)c1ccc2c(c1)C(c1ccc3c(c1)CCC1(CCN(C)CC1)O3)=N2. The van der Waals surface area contributed by atoms with Crippen molar-refractivity contribution in [2.45, 2.75) is 51.2 Å². The predicted molar refractivity (Wildman–Crippen MR) is 158 cm³/mol. The van der Waals surface area contributed by atoms with E-state index in [4.69, 9.17) is 21.3 Å². The molecule has 4 nitrogen and oxygen atoms in total. The smallest absolute Gasteiger partial charge is 0.123 e. The molecule has 1 N–H and O–H groups in total. The zero-order valence-corrected chi connectivity index (χ0v) is 23.3. The van der Waals surface area contributed by atoms with Crippen LogP contribution in [0.2, 0.25) is 5.02 Å². The number of halogens is 1. The Labute approximate surface area is 231 Å². The zero-order valence-electron chi connectivity index (χ0n) is 22.6. The maximum Gasteiger partial charge on any atom is 0.123 e. The van der Waals surface area contributed by atoms with Crippen LogP contribution in [0.5, 0.6) is 5.75 Å². The Hall–Kier alpha value is -3.08. The van der Waals surface area contributed by atoms with Gasteiger partial charge in [-0.2, -0.15) is 0 Å². The Bertz CT molecular complexity index is 1420. The van der Waals surface area contributed by atoms with Crippen LogP contribution in [0.4, 0.5) is 5.69 Å². The molecular weight excluding hydrogens is 490 g/mol. The first-order valence-electron chi connectivity index (χ1n) is 13.8. The van der Waals surface area contributed by atoms with Crippen LogP contribution in [0, 0.1) is 5.92 Å². The first-order valence-corrected chi connectivity index (χ1v) is 14.1. The number of hydrogen-bond donors (Lipinski definition) is 1. The summed E-state index contributed by atoms with van der Waals surface area (Å²) in [5, 5.41) is 4.42. The van der Waals surface area contributed by atoms with Gasteiger partial charge in [-0.3, -0.25) is 0 Å². The number of aliphatic imine (C=N–C) groups is 1. The Balaban J connectivity index is 1.19. The van der Waals surface area contributed by atoms with Crippen LogP contribution in [0.1, 0.15) is 67.0 Å². The molecule has 0 amide bonds. The maximum absolute atomic E-state index is 6.62. The summed E-state index contributed by atoms with van der Waals surface area (Å²) in [6.45, 7) is 11.0. The molecule has 3 aliphatic heterocycles. The standard InChI is InChI=1S/C33H36ClN3O/c1-21(2)31(26-7-5-6-8-28(26)34)35-22(3)23-9-11-29-27(20-23)32(36-29)25-10-12-30-24(19-25)13-14-33(38-30)15-17-37(4)18-16-33/h5-12,19-21,31,35H,3,13-18H2,1-2,4H3. The number of nitrogens with zero attached hydrogens (tertiary/aromatic N) is 2. The summed E-state index contributed by atoms with van der Waals surface area (Å²) in [6, 6.07) is 21.1. The third-order valence-electron chi connectivity index (χ3n) is 8.48. The molecule has 0 aromatic heterocycles. The lowest BCUT2D eigenvalue weighted by atomic mass is 9.82. The van der Waals surface area contributed by atoms with E-state index in [0.717, 1.165) is 83.3 Å². The van der Waals surface area contributed by atoms with E-state index in [-0.39, 0.29) is 11.6 Å². The van der Waals surface area contributed by atoms with Crippen molar-refractivity contribution in [1.29, 1.82) is 0 Å². The van der Waals surface area contributed by atoms with E-state index < -0.39 is 0 Å². The van der Waals surface area contributed by atoms with Crippen molar-refractivity contribution < 1.29 is 4.74 Å². The van der Waals surface area contributed by atoms with Crippen molar-refractivity contribution in [3.05, 3.63) is 100 Å². The van der Waals surface area contributed by atoms with Gasteiger partial charge in [-0.05, 0) is 91.7 Å². The first kappa shape index (κ1) is 25.2. The van der Waals surface area contributed by atoms with Gasteiger partial charge in [0.25, 0.3) is 0 Å². The highest BCUT2D eigenvalue weighted by molar-refractivity contribution is 6.31. The Morgan fingerprint density at radius 3 is 2.61 bits per heavy atom. The van der Waals surface area contributed by atoms with E-state index >= 15 is 0 Å². The van der Waals surface area contributed by atoms with Gasteiger partial charge < -0.3 is 15.0 Å². The number of likely N-dealkylation sites (tertiary alicyclic amines) is 1. The number of aryl methyl sites for hydroxylation is 1. The van der Waals surface area contributed by atoms with Gasteiger partial charge >= 0.3 is 0 Å². The topological polar surface area (TPSA) is 36.9 Å². The van der Waals surface area contributed by atoms with Gasteiger partial charge in [-0.15, -0.1) is 0 Å². The van der Waals surface area contributed by atoms with Gasteiger partial charge in [-0.25, -0.2) is 4.99 Å². The second kappa shape index (κ2) is 9.91. The summed E-state index contributed by atoms with van der Waals surface area (Å²) >= 11 is 6.54. The van der Waals surface area contributed by atoms with Crippen molar-refractivity contribution in [2.75, 3.05) is 20.1 Å². The van der Waals surface area contributed by atoms with Crippen LogP contribution < -0.4 is 10.1 Å². The molecule has 0 aliphatic carbocycles. The highest BCUT2D eigenvalue weighted by Crippen LogP contribution is 2.41. The van der Waals surface area contributed by atoms with Crippen molar-refractivity contribution in [3.63, 3.8) is 0 Å². The lowest BCUT2D eigenvalue weighted by Gasteiger charge is -2.44. The molecular formula is C33H36ClN3O. The van der Waals surface area contributed by atoms with E-state index in [1.807, 2.05) is 18.2 Å². The average Bonchev–Trinajstić information content (AvgIpc) is 2.90. The highest BCUT2D eigenvalue weighted by atomic mass is 35.5. The first-order chi connectivity index (χ1) is 18.3. The van der Waals surface area contributed by atoms with Crippen LogP contribution in [0.15, 0.2) is 72.2 Å². The number of hydrogen-bond acceptors (Lipinski definition) is 4. The summed E-state index contributed by atoms with van der Waals surface area (Å²) in [5.41, 5.74) is 8.77. The molecule has 0 bridgehead atoms. The molecule has 38 heavy (non-hydrogen) atoms. The summed E-state index contributed by atoms with van der Waals surface area (Å²) in [4.78, 5) is 7.25. The highest BCUT2D eigenvalue weighted by Gasteiger charge is 2.39.